The van der Waals surface area contributed by atoms with Crippen LogP contribution in [-0.4, -0.2) is 19.1 Å². The molecular formula is C14H22ClNO2. The van der Waals surface area contributed by atoms with Crippen LogP contribution in [0.15, 0.2) is 30.3 Å². The van der Waals surface area contributed by atoms with E-state index in [1.165, 1.54) is 7.11 Å². The molecule has 0 aromatic heterocycles. The Morgan fingerprint density at radius 3 is 2.39 bits per heavy atom. The standard InChI is InChI=1S/C14H21NO2.ClH/c1-11(15)7-6-10-13(14(16)17-2)12-8-4-3-5-9-12;/h3-5,8-9,11,13H,6-7,10,15H2,1-2H3;1H. The van der Waals surface area contributed by atoms with Crippen molar-refractivity contribution in [2.24, 2.45) is 5.73 Å². The lowest BCUT2D eigenvalue weighted by Crippen LogP contribution is -2.17. The van der Waals surface area contributed by atoms with Crippen LogP contribution in [0.3, 0.4) is 0 Å². The molecule has 0 heterocycles. The number of halogens is 1. The molecule has 0 bridgehead atoms. The lowest BCUT2D eigenvalue weighted by molar-refractivity contribution is -0.142. The average molecular weight is 272 g/mol. The lowest BCUT2D eigenvalue weighted by Gasteiger charge is -2.15. The number of carbonyl (C=O) groups is 1. The highest BCUT2D eigenvalue weighted by molar-refractivity contribution is 5.85. The summed E-state index contributed by atoms with van der Waals surface area (Å²) in [4.78, 5) is 11.7. The Morgan fingerprint density at radius 2 is 1.89 bits per heavy atom. The van der Waals surface area contributed by atoms with Crippen molar-refractivity contribution in [2.45, 2.75) is 38.1 Å². The van der Waals surface area contributed by atoms with Gasteiger partial charge in [0, 0.05) is 6.04 Å². The Morgan fingerprint density at radius 1 is 1.28 bits per heavy atom. The maximum Gasteiger partial charge on any atom is 0.313 e. The molecule has 0 spiro atoms. The molecule has 0 radical (unpaired) electrons. The van der Waals surface area contributed by atoms with Crippen LogP contribution in [0.25, 0.3) is 0 Å². The van der Waals surface area contributed by atoms with Crippen molar-refractivity contribution >= 4 is 18.4 Å². The highest BCUT2D eigenvalue weighted by Gasteiger charge is 2.20. The highest BCUT2D eigenvalue weighted by atomic mass is 35.5. The van der Waals surface area contributed by atoms with E-state index in [1.54, 1.807) is 0 Å². The summed E-state index contributed by atoms with van der Waals surface area (Å²) in [6.07, 6.45) is 2.66. The van der Waals surface area contributed by atoms with Crippen molar-refractivity contribution in [2.75, 3.05) is 7.11 Å². The fourth-order valence-corrected chi connectivity index (χ4v) is 1.89. The Labute approximate surface area is 115 Å². The predicted octanol–water partition coefficient (Wildman–Crippen LogP) is 2.88. The number of esters is 1. The third kappa shape index (κ3) is 5.52. The third-order valence-corrected chi connectivity index (χ3v) is 2.84. The molecule has 1 aromatic rings. The van der Waals surface area contributed by atoms with E-state index >= 15 is 0 Å². The van der Waals surface area contributed by atoms with Crippen LogP contribution in [-0.2, 0) is 9.53 Å². The molecule has 2 atom stereocenters. The van der Waals surface area contributed by atoms with Crippen LogP contribution in [0.4, 0.5) is 0 Å². The van der Waals surface area contributed by atoms with Gasteiger partial charge in [-0.1, -0.05) is 36.8 Å². The van der Waals surface area contributed by atoms with E-state index in [4.69, 9.17) is 10.5 Å². The minimum absolute atomic E-state index is 0. The molecule has 0 aliphatic rings. The normalized spacial score (nSPS) is 13.3. The minimum atomic E-state index is -0.167. The van der Waals surface area contributed by atoms with Gasteiger partial charge < -0.3 is 10.5 Å². The third-order valence-electron chi connectivity index (χ3n) is 2.84. The van der Waals surface area contributed by atoms with E-state index in [-0.39, 0.29) is 30.3 Å². The minimum Gasteiger partial charge on any atom is -0.469 e. The number of hydrogen-bond acceptors (Lipinski definition) is 3. The molecular weight excluding hydrogens is 250 g/mol. The van der Waals surface area contributed by atoms with Crippen LogP contribution in [0.2, 0.25) is 0 Å². The zero-order valence-electron chi connectivity index (χ0n) is 11.0. The van der Waals surface area contributed by atoms with Gasteiger partial charge >= 0.3 is 5.97 Å². The number of hydrogen-bond donors (Lipinski definition) is 1. The van der Waals surface area contributed by atoms with Gasteiger partial charge in [0.2, 0.25) is 0 Å². The Bertz CT molecular complexity index is 341. The van der Waals surface area contributed by atoms with E-state index in [1.807, 2.05) is 37.3 Å². The Hall–Kier alpha value is -1.06. The van der Waals surface area contributed by atoms with Crippen molar-refractivity contribution in [3.8, 4) is 0 Å². The van der Waals surface area contributed by atoms with Crippen molar-refractivity contribution in [3.63, 3.8) is 0 Å². The molecule has 0 saturated carbocycles. The van der Waals surface area contributed by atoms with Gasteiger partial charge in [0.05, 0.1) is 13.0 Å². The maximum absolute atomic E-state index is 11.7. The smallest absolute Gasteiger partial charge is 0.313 e. The summed E-state index contributed by atoms with van der Waals surface area (Å²) >= 11 is 0. The Balaban J connectivity index is 0.00000289. The second kappa shape index (κ2) is 8.95. The number of nitrogens with two attached hydrogens (primary N) is 1. The molecule has 0 amide bonds. The summed E-state index contributed by atoms with van der Waals surface area (Å²) in [5.74, 6) is -0.333. The van der Waals surface area contributed by atoms with Gasteiger partial charge in [0.15, 0.2) is 0 Å². The molecule has 2 N–H and O–H groups in total. The highest BCUT2D eigenvalue weighted by Crippen LogP contribution is 2.23. The largest absolute Gasteiger partial charge is 0.469 e. The Kier molecular flexibility index (Phi) is 8.42. The molecule has 2 unspecified atom stereocenters. The fourth-order valence-electron chi connectivity index (χ4n) is 1.89. The van der Waals surface area contributed by atoms with E-state index in [0.717, 1.165) is 24.8 Å². The molecule has 1 rings (SSSR count). The topological polar surface area (TPSA) is 52.3 Å². The predicted molar refractivity (Wildman–Crippen MR) is 75.9 cm³/mol. The van der Waals surface area contributed by atoms with Crippen molar-refractivity contribution < 1.29 is 9.53 Å². The molecule has 0 fully saturated rings. The number of carbonyl (C=O) groups excluding carboxylic acids is 1. The summed E-state index contributed by atoms with van der Waals surface area (Å²) in [5, 5.41) is 0. The van der Waals surface area contributed by atoms with Crippen LogP contribution in [0.5, 0.6) is 0 Å². The van der Waals surface area contributed by atoms with Gasteiger partial charge in [0.25, 0.3) is 0 Å². The number of ether oxygens (including phenoxy) is 1. The number of methoxy groups -OCH3 is 1. The maximum atomic E-state index is 11.7. The SMILES string of the molecule is COC(=O)C(CCCC(C)N)c1ccccc1.Cl. The summed E-state index contributed by atoms with van der Waals surface area (Å²) in [6, 6.07) is 9.94. The van der Waals surface area contributed by atoms with Crippen molar-refractivity contribution in [1.82, 2.24) is 0 Å². The molecule has 1 aromatic carbocycles. The molecule has 0 aliphatic heterocycles. The number of rotatable bonds is 6. The van der Waals surface area contributed by atoms with Gasteiger partial charge in [-0.3, -0.25) is 4.79 Å². The van der Waals surface area contributed by atoms with Gasteiger partial charge in [0.1, 0.15) is 0 Å². The lowest BCUT2D eigenvalue weighted by atomic mass is 9.93. The van der Waals surface area contributed by atoms with E-state index in [0.29, 0.717) is 0 Å². The van der Waals surface area contributed by atoms with Gasteiger partial charge in [-0.25, -0.2) is 0 Å². The molecule has 3 nitrogen and oxygen atoms in total. The first-order chi connectivity index (χ1) is 8.15. The first-order valence-electron chi connectivity index (χ1n) is 6.03. The van der Waals surface area contributed by atoms with Crippen LogP contribution in [0.1, 0.15) is 37.7 Å². The average Bonchev–Trinajstić information content (AvgIpc) is 2.34. The van der Waals surface area contributed by atoms with Crippen molar-refractivity contribution in [3.05, 3.63) is 35.9 Å². The van der Waals surface area contributed by atoms with E-state index in [9.17, 15) is 4.79 Å². The van der Waals surface area contributed by atoms with Gasteiger partial charge in [-0.05, 0) is 25.3 Å². The van der Waals surface area contributed by atoms with Crippen LogP contribution in [0, 0.1) is 0 Å². The first-order valence-corrected chi connectivity index (χ1v) is 6.03. The fraction of sp³-hybridized carbons (Fsp3) is 0.500. The van der Waals surface area contributed by atoms with Crippen LogP contribution >= 0.6 is 12.4 Å². The summed E-state index contributed by atoms with van der Waals surface area (Å²) in [6.45, 7) is 1.98. The molecule has 102 valence electrons. The quantitative estimate of drug-likeness (QED) is 0.810. The van der Waals surface area contributed by atoms with Gasteiger partial charge in [-0.15, -0.1) is 12.4 Å². The summed E-state index contributed by atoms with van der Waals surface area (Å²) in [5.41, 5.74) is 6.73. The summed E-state index contributed by atoms with van der Waals surface area (Å²) in [7, 11) is 1.43. The van der Waals surface area contributed by atoms with Crippen molar-refractivity contribution in [1.29, 1.82) is 0 Å². The van der Waals surface area contributed by atoms with Crippen LogP contribution < -0.4 is 5.73 Å². The zero-order valence-corrected chi connectivity index (χ0v) is 11.8. The van der Waals surface area contributed by atoms with E-state index in [2.05, 4.69) is 0 Å². The molecule has 0 aliphatic carbocycles. The molecule has 18 heavy (non-hydrogen) atoms. The first kappa shape index (κ1) is 16.9. The zero-order chi connectivity index (χ0) is 12.7. The second-order valence-corrected chi connectivity index (χ2v) is 4.39. The molecule has 4 heteroatoms. The molecule has 0 saturated heterocycles. The van der Waals surface area contributed by atoms with Gasteiger partial charge in [-0.2, -0.15) is 0 Å². The second-order valence-electron chi connectivity index (χ2n) is 4.39. The number of benzene rings is 1. The monoisotopic (exact) mass is 271 g/mol. The van der Waals surface area contributed by atoms with E-state index < -0.39 is 0 Å². The summed E-state index contributed by atoms with van der Waals surface area (Å²) < 4.78 is 4.85.